The van der Waals surface area contributed by atoms with E-state index in [4.69, 9.17) is 0 Å². The lowest BCUT2D eigenvalue weighted by Crippen LogP contribution is -2.11. The number of benzene rings is 2. The average molecular weight is 359 g/mol. The molecule has 0 bridgehead atoms. The number of anilines is 1. The van der Waals surface area contributed by atoms with Gasteiger partial charge in [-0.1, -0.05) is 46.3 Å². The van der Waals surface area contributed by atoms with Gasteiger partial charge >= 0.3 is 0 Å². The Kier molecular flexibility index (Phi) is 4.13. The summed E-state index contributed by atoms with van der Waals surface area (Å²) < 4.78 is 1.02. The van der Waals surface area contributed by atoms with Crippen molar-refractivity contribution in [3.8, 4) is 11.3 Å². The van der Waals surface area contributed by atoms with Crippen LogP contribution in [0.1, 0.15) is 9.80 Å². The molecule has 1 N–H and O–H groups in total. The van der Waals surface area contributed by atoms with Crippen molar-refractivity contribution in [2.24, 2.45) is 0 Å². The van der Waals surface area contributed by atoms with E-state index in [1.54, 1.807) is 0 Å². The largest absolute Gasteiger partial charge is 0.320 e. The summed E-state index contributed by atoms with van der Waals surface area (Å²) in [7, 11) is 0. The minimum atomic E-state index is -0.186. The number of para-hydroxylation sites is 1. The first-order valence-corrected chi connectivity index (χ1v) is 7.97. The van der Waals surface area contributed by atoms with E-state index in [1.165, 1.54) is 11.3 Å². The zero-order valence-electron chi connectivity index (χ0n) is 10.9. The van der Waals surface area contributed by atoms with Crippen molar-refractivity contribution in [3.05, 3.63) is 69.5 Å². The van der Waals surface area contributed by atoms with Gasteiger partial charge in [0.2, 0.25) is 0 Å². The second-order valence-electron chi connectivity index (χ2n) is 4.36. The van der Waals surface area contributed by atoms with Crippen LogP contribution in [-0.2, 0) is 0 Å². The third kappa shape index (κ3) is 3.37. The van der Waals surface area contributed by atoms with Crippen LogP contribution >= 0.6 is 27.3 Å². The van der Waals surface area contributed by atoms with Gasteiger partial charge in [0, 0.05) is 21.1 Å². The number of amides is 1. The highest BCUT2D eigenvalue weighted by Crippen LogP contribution is 2.24. The van der Waals surface area contributed by atoms with Crippen molar-refractivity contribution in [1.29, 1.82) is 0 Å². The molecular formula is C16H11BrN2OS. The third-order valence-corrected chi connectivity index (χ3v) is 4.24. The van der Waals surface area contributed by atoms with Gasteiger partial charge in [-0.25, -0.2) is 4.98 Å². The van der Waals surface area contributed by atoms with Crippen molar-refractivity contribution < 1.29 is 4.79 Å². The van der Waals surface area contributed by atoms with Gasteiger partial charge in [0.1, 0.15) is 0 Å². The van der Waals surface area contributed by atoms with Crippen LogP contribution in [0.2, 0.25) is 0 Å². The van der Waals surface area contributed by atoms with E-state index in [0.29, 0.717) is 5.01 Å². The molecule has 0 saturated carbocycles. The summed E-state index contributed by atoms with van der Waals surface area (Å²) in [6, 6.07) is 17.2. The number of thiazole rings is 1. The van der Waals surface area contributed by atoms with Crippen LogP contribution in [0.5, 0.6) is 0 Å². The molecule has 104 valence electrons. The summed E-state index contributed by atoms with van der Waals surface area (Å²) in [5.74, 6) is -0.186. The van der Waals surface area contributed by atoms with Crippen LogP contribution in [0.25, 0.3) is 11.3 Å². The molecule has 2 aromatic carbocycles. The van der Waals surface area contributed by atoms with E-state index in [0.717, 1.165) is 21.4 Å². The Morgan fingerprint density at radius 3 is 2.48 bits per heavy atom. The Morgan fingerprint density at radius 2 is 1.76 bits per heavy atom. The predicted molar refractivity (Wildman–Crippen MR) is 89.6 cm³/mol. The fourth-order valence-electron chi connectivity index (χ4n) is 1.84. The molecule has 3 rings (SSSR count). The number of aromatic nitrogens is 1. The second-order valence-corrected chi connectivity index (χ2v) is 6.14. The topological polar surface area (TPSA) is 42.0 Å². The van der Waals surface area contributed by atoms with Crippen LogP contribution in [0, 0.1) is 0 Å². The Labute approximate surface area is 134 Å². The Hall–Kier alpha value is -1.98. The van der Waals surface area contributed by atoms with Gasteiger partial charge in [-0.05, 0) is 24.3 Å². The highest BCUT2D eigenvalue weighted by molar-refractivity contribution is 9.10. The van der Waals surface area contributed by atoms with Crippen LogP contribution in [0.3, 0.4) is 0 Å². The molecular weight excluding hydrogens is 348 g/mol. The van der Waals surface area contributed by atoms with Crippen molar-refractivity contribution in [1.82, 2.24) is 4.98 Å². The van der Waals surface area contributed by atoms with Gasteiger partial charge in [-0.15, -0.1) is 11.3 Å². The average Bonchev–Trinajstić information content (AvgIpc) is 2.99. The Bertz CT molecular complexity index is 753. The maximum absolute atomic E-state index is 12.1. The van der Waals surface area contributed by atoms with E-state index in [2.05, 4.69) is 26.2 Å². The molecule has 3 nitrogen and oxygen atoms in total. The van der Waals surface area contributed by atoms with Gasteiger partial charge in [-0.2, -0.15) is 0 Å². The molecule has 5 heteroatoms. The first kappa shape index (κ1) is 14.0. The number of halogens is 1. The molecule has 0 aliphatic carbocycles. The second kappa shape index (κ2) is 6.20. The maximum atomic E-state index is 12.1. The van der Waals surface area contributed by atoms with Crippen LogP contribution in [0.15, 0.2) is 64.5 Å². The number of carbonyl (C=O) groups excluding carboxylic acids is 1. The molecule has 0 radical (unpaired) electrons. The molecule has 0 aliphatic heterocycles. The molecule has 3 aromatic rings. The van der Waals surface area contributed by atoms with Crippen LogP contribution in [-0.4, -0.2) is 10.9 Å². The summed E-state index contributed by atoms with van der Waals surface area (Å²) in [6.07, 6.45) is 0. The van der Waals surface area contributed by atoms with Gasteiger partial charge in [0.25, 0.3) is 5.91 Å². The van der Waals surface area contributed by atoms with E-state index >= 15 is 0 Å². The summed E-state index contributed by atoms with van der Waals surface area (Å²) in [6.45, 7) is 0. The summed E-state index contributed by atoms with van der Waals surface area (Å²) >= 11 is 4.74. The Balaban J connectivity index is 1.78. The molecule has 0 unspecified atom stereocenters. The predicted octanol–water partition coefficient (Wildman–Crippen LogP) is 4.82. The van der Waals surface area contributed by atoms with E-state index in [9.17, 15) is 4.79 Å². The summed E-state index contributed by atoms with van der Waals surface area (Å²) in [4.78, 5) is 16.5. The van der Waals surface area contributed by atoms with Gasteiger partial charge in [-0.3, -0.25) is 4.79 Å². The smallest absolute Gasteiger partial charge is 0.284 e. The Morgan fingerprint density at radius 1 is 1.05 bits per heavy atom. The minimum absolute atomic E-state index is 0.186. The monoisotopic (exact) mass is 358 g/mol. The van der Waals surface area contributed by atoms with Crippen LogP contribution in [0.4, 0.5) is 5.69 Å². The number of nitrogens with zero attached hydrogens (tertiary/aromatic N) is 1. The summed E-state index contributed by atoms with van der Waals surface area (Å²) in [5, 5.41) is 5.18. The molecule has 0 fully saturated rings. The van der Waals surface area contributed by atoms with E-state index in [1.807, 2.05) is 60.0 Å². The molecule has 0 saturated heterocycles. The number of hydrogen-bond acceptors (Lipinski definition) is 3. The fraction of sp³-hybridized carbons (Fsp3) is 0. The molecule has 0 atom stereocenters. The number of nitrogens with one attached hydrogen (secondary N) is 1. The first-order chi connectivity index (χ1) is 10.2. The standard InChI is InChI=1S/C16H11BrN2OS/c17-12-8-6-11(7-9-12)14-10-21-16(19-14)15(20)18-13-4-2-1-3-5-13/h1-10H,(H,18,20). The van der Waals surface area contributed by atoms with Gasteiger partial charge < -0.3 is 5.32 Å². The number of rotatable bonds is 3. The SMILES string of the molecule is O=C(Nc1ccccc1)c1nc(-c2ccc(Br)cc2)cs1. The molecule has 21 heavy (non-hydrogen) atoms. The van der Waals surface area contributed by atoms with Gasteiger partial charge in [0.05, 0.1) is 5.69 Å². The highest BCUT2D eigenvalue weighted by Gasteiger charge is 2.12. The zero-order valence-corrected chi connectivity index (χ0v) is 13.3. The quantitative estimate of drug-likeness (QED) is 0.728. The first-order valence-electron chi connectivity index (χ1n) is 6.30. The molecule has 1 amide bonds. The lowest BCUT2D eigenvalue weighted by molar-refractivity contribution is 0.102. The maximum Gasteiger partial charge on any atom is 0.284 e. The van der Waals surface area contributed by atoms with Crippen molar-refractivity contribution in [2.45, 2.75) is 0 Å². The number of hydrogen-bond donors (Lipinski definition) is 1. The third-order valence-electron chi connectivity index (χ3n) is 2.87. The van der Waals surface area contributed by atoms with Crippen LogP contribution < -0.4 is 5.32 Å². The normalized spacial score (nSPS) is 10.3. The lowest BCUT2D eigenvalue weighted by atomic mass is 10.2. The fourth-order valence-corrected chi connectivity index (χ4v) is 2.82. The lowest BCUT2D eigenvalue weighted by Gasteiger charge is -2.01. The van der Waals surface area contributed by atoms with E-state index < -0.39 is 0 Å². The van der Waals surface area contributed by atoms with Crippen molar-refractivity contribution in [3.63, 3.8) is 0 Å². The molecule has 1 heterocycles. The van der Waals surface area contributed by atoms with Crippen molar-refractivity contribution in [2.75, 3.05) is 5.32 Å². The van der Waals surface area contributed by atoms with Gasteiger partial charge in [0.15, 0.2) is 5.01 Å². The highest BCUT2D eigenvalue weighted by atomic mass is 79.9. The minimum Gasteiger partial charge on any atom is -0.320 e. The molecule has 1 aromatic heterocycles. The molecule has 0 aliphatic rings. The molecule has 0 spiro atoms. The van der Waals surface area contributed by atoms with Crippen molar-refractivity contribution >= 4 is 38.9 Å². The zero-order chi connectivity index (χ0) is 14.7. The number of carbonyl (C=O) groups is 1. The van der Waals surface area contributed by atoms with E-state index in [-0.39, 0.29) is 5.91 Å². The summed E-state index contributed by atoms with van der Waals surface area (Å²) in [5.41, 5.74) is 2.57.